The average molecular weight is 465 g/mol. The van der Waals surface area contributed by atoms with Crippen LogP contribution in [0.5, 0.6) is 0 Å². The van der Waals surface area contributed by atoms with Crippen molar-refractivity contribution in [3.05, 3.63) is 47.4 Å². The fourth-order valence-electron chi connectivity index (χ4n) is 4.65. The van der Waals surface area contributed by atoms with Crippen molar-refractivity contribution in [2.45, 2.75) is 64.2 Å². The number of fused-ring (bicyclic) bond motifs is 2. The number of aromatic nitrogens is 3. The zero-order chi connectivity index (χ0) is 23.6. The molecule has 2 amide bonds. The van der Waals surface area contributed by atoms with Crippen LogP contribution in [-0.4, -0.2) is 64.6 Å². The lowest BCUT2D eigenvalue weighted by Crippen LogP contribution is -2.49. The first-order valence-electron chi connectivity index (χ1n) is 12.8. The highest BCUT2D eigenvalue weighted by Gasteiger charge is 2.24. The van der Waals surface area contributed by atoms with Crippen LogP contribution in [0.3, 0.4) is 0 Å². The van der Waals surface area contributed by atoms with Gasteiger partial charge in [-0.2, -0.15) is 0 Å². The number of hydrogen-bond donors (Lipinski definition) is 1. The van der Waals surface area contributed by atoms with Gasteiger partial charge < -0.3 is 15.1 Å². The molecule has 1 saturated heterocycles. The lowest BCUT2D eigenvalue weighted by Gasteiger charge is -2.35. The molecule has 0 aromatic carbocycles. The van der Waals surface area contributed by atoms with Crippen LogP contribution in [0.2, 0.25) is 0 Å². The Labute approximate surface area is 202 Å². The third-order valence-corrected chi connectivity index (χ3v) is 6.75. The maximum absolute atomic E-state index is 13.0. The van der Waals surface area contributed by atoms with Crippen molar-refractivity contribution in [2.75, 3.05) is 37.6 Å². The summed E-state index contributed by atoms with van der Waals surface area (Å²) >= 11 is 0. The number of pyridine rings is 1. The van der Waals surface area contributed by atoms with E-state index in [1.165, 1.54) is 44.1 Å². The zero-order valence-electron chi connectivity index (χ0n) is 20.0. The maximum atomic E-state index is 13.0. The van der Waals surface area contributed by atoms with E-state index >= 15 is 0 Å². The van der Waals surface area contributed by atoms with E-state index in [0.29, 0.717) is 44.1 Å². The highest BCUT2D eigenvalue weighted by Crippen LogP contribution is 2.16. The van der Waals surface area contributed by atoms with E-state index in [1.54, 1.807) is 12.3 Å². The summed E-state index contributed by atoms with van der Waals surface area (Å²) in [6.07, 6.45) is 13.5. The predicted octanol–water partition coefficient (Wildman–Crippen LogP) is 3.63. The van der Waals surface area contributed by atoms with Crippen molar-refractivity contribution < 1.29 is 9.59 Å². The van der Waals surface area contributed by atoms with Gasteiger partial charge in [-0.1, -0.05) is 44.9 Å². The van der Waals surface area contributed by atoms with Crippen LogP contribution >= 0.6 is 0 Å². The molecule has 6 heterocycles. The number of amides is 2. The molecule has 1 N–H and O–H groups in total. The molecular formula is C26H36N6O2. The van der Waals surface area contributed by atoms with E-state index in [9.17, 15) is 9.59 Å². The van der Waals surface area contributed by atoms with Gasteiger partial charge in [0.1, 0.15) is 5.69 Å². The van der Waals surface area contributed by atoms with Crippen molar-refractivity contribution in [1.29, 1.82) is 0 Å². The smallest absolute Gasteiger partial charge is 0.272 e. The second kappa shape index (κ2) is 12.4. The van der Waals surface area contributed by atoms with Crippen LogP contribution in [0.25, 0.3) is 0 Å². The number of anilines is 1. The summed E-state index contributed by atoms with van der Waals surface area (Å²) in [7, 11) is 0. The molecule has 0 atom stereocenters. The number of nitrogens with one attached hydrogen (secondary N) is 1. The zero-order valence-corrected chi connectivity index (χ0v) is 20.0. The van der Waals surface area contributed by atoms with Gasteiger partial charge in [0.25, 0.3) is 11.8 Å². The van der Waals surface area contributed by atoms with E-state index in [1.807, 2.05) is 23.1 Å². The molecule has 2 aromatic heterocycles. The number of piperazine rings is 1. The molecular weight excluding hydrogens is 428 g/mol. The quantitative estimate of drug-likeness (QED) is 0.640. The third kappa shape index (κ3) is 6.74. The van der Waals surface area contributed by atoms with Crippen molar-refractivity contribution in [3.63, 3.8) is 0 Å². The van der Waals surface area contributed by atoms with E-state index in [0.717, 1.165) is 31.5 Å². The molecule has 182 valence electrons. The Balaban J connectivity index is 1.40. The molecule has 4 aliphatic heterocycles. The van der Waals surface area contributed by atoms with Gasteiger partial charge in [0.05, 0.1) is 0 Å². The van der Waals surface area contributed by atoms with Crippen molar-refractivity contribution in [2.24, 2.45) is 0 Å². The second-order valence-electron chi connectivity index (χ2n) is 9.29. The first-order chi connectivity index (χ1) is 16.7. The number of rotatable bonds is 0. The molecule has 2 aromatic rings. The molecule has 6 bridgehead atoms. The lowest BCUT2D eigenvalue weighted by atomic mass is 10.0. The monoisotopic (exact) mass is 464 g/mol. The fraction of sp³-hybridized carbons (Fsp3) is 0.577. The molecule has 0 saturated carbocycles. The van der Waals surface area contributed by atoms with Crippen molar-refractivity contribution >= 4 is 17.6 Å². The minimum atomic E-state index is -0.172. The molecule has 6 rings (SSSR count). The van der Waals surface area contributed by atoms with E-state index in [-0.39, 0.29) is 11.8 Å². The molecule has 34 heavy (non-hydrogen) atoms. The number of aryl methyl sites for hydroxylation is 1. The van der Waals surface area contributed by atoms with E-state index < -0.39 is 0 Å². The second-order valence-corrected chi connectivity index (χ2v) is 9.29. The minimum Gasteiger partial charge on any atom is -0.352 e. The number of nitrogens with zero attached hydrogens (tertiary/aromatic N) is 5. The Hall–Kier alpha value is -3.03. The third-order valence-electron chi connectivity index (χ3n) is 6.75. The van der Waals surface area contributed by atoms with Gasteiger partial charge in [-0.15, -0.1) is 10.2 Å². The summed E-state index contributed by atoms with van der Waals surface area (Å²) in [6.45, 7) is 3.23. The number of hydrogen-bond acceptors (Lipinski definition) is 6. The van der Waals surface area contributed by atoms with Crippen molar-refractivity contribution in [3.8, 4) is 0 Å². The largest absolute Gasteiger partial charge is 0.352 e. The van der Waals surface area contributed by atoms with Crippen LogP contribution in [-0.2, 0) is 6.42 Å². The first-order valence-corrected chi connectivity index (χ1v) is 12.8. The molecule has 4 aliphatic rings. The van der Waals surface area contributed by atoms with E-state index in [2.05, 4.69) is 25.4 Å². The maximum Gasteiger partial charge on any atom is 0.272 e. The fourth-order valence-corrected chi connectivity index (χ4v) is 4.65. The highest BCUT2D eigenvalue weighted by molar-refractivity contribution is 5.93. The SMILES string of the molecule is O=C1NCCCCCCCCCCCc2ccnc(c2)C(=O)N2CCN(CC2)c2ccc1nn2. The molecule has 0 radical (unpaired) electrons. The van der Waals surface area contributed by atoms with Gasteiger partial charge in [-0.25, -0.2) is 0 Å². The summed E-state index contributed by atoms with van der Waals surface area (Å²) in [5.74, 6) is 0.550. The summed E-state index contributed by atoms with van der Waals surface area (Å²) in [5, 5.41) is 11.4. The molecule has 0 spiro atoms. The normalized spacial score (nSPS) is 19.4. The van der Waals surface area contributed by atoms with Crippen LogP contribution in [0.1, 0.15) is 84.3 Å². The van der Waals surface area contributed by atoms with E-state index in [4.69, 9.17) is 0 Å². The summed E-state index contributed by atoms with van der Waals surface area (Å²) < 4.78 is 0. The Kier molecular flexibility index (Phi) is 8.82. The summed E-state index contributed by atoms with van der Waals surface area (Å²) in [4.78, 5) is 33.7. The first kappa shape index (κ1) is 24.1. The van der Waals surface area contributed by atoms with Gasteiger partial charge in [0.15, 0.2) is 11.5 Å². The van der Waals surface area contributed by atoms with Crippen LogP contribution in [0, 0.1) is 0 Å². The van der Waals surface area contributed by atoms with Gasteiger partial charge in [0, 0.05) is 38.9 Å². The molecule has 8 heteroatoms. The van der Waals surface area contributed by atoms with Gasteiger partial charge in [-0.3, -0.25) is 14.6 Å². The molecule has 0 unspecified atom stereocenters. The average Bonchev–Trinajstić information content (AvgIpc) is 2.88. The van der Waals surface area contributed by atoms with Crippen LogP contribution in [0.15, 0.2) is 30.5 Å². The summed E-state index contributed by atoms with van der Waals surface area (Å²) in [6, 6.07) is 7.56. The molecule has 8 nitrogen and oxygen atoms in total. The van der Waals surface area contributed by atoms with Gasteiger partial charge in [-0.05, 0) is 49.1 Å². The molecule has 0 aliphatic carbocycles. The highest BCUT2D eigenvalue weighted by atomic mass is 16.2. The Morgan fingerprint density at radius 2 is 1.38 bits per heavy atom. The Morgan fingerprint density at radius 3 is 2.09 bits per heavy atom. The molecule has 1 fully saturated rings. The van der Waals surface area contributed by atoms with Crippen molar-refractivity contribution in [1.82, 2.24) is 25.4 Å². The number of carbonyl (C=O) groups excluding carboxylic acids is 2. The lowest BCUT2D eigenvalue weighted by molar-refractivity contribution is 0.0740. The minimum absolute atomic E-state index is 0.00914. The summed E-state index contributed by atoms with van der Waals surface area (Å²) in [5.41, 5.74) is 2.07. The van der Waals surface area contributed by atoms with Crippen LogP contribution < -0.4 is 10.2 Å². The predicted molar refractivity (Wildman–Crippen MR) is 132 cm³/mol. The topological polar surface area (TPSA) is 91.3 Å². The van der Waals surface area contributed by atoms with Gasteiger partial charge in [0.2, 0.25) is 0 Å². The Bertz CT molecular complexity index is 941. The standard InChI is InChI=1S/C26H36N6O2/c33-25-22-11-12-24(30-29-22)31-16-18-32(19-17-31)26(34)23-20-21(13-15-27-23)10-8-6-4-2-1-3-5-7-9-14-28-25/h11-13,15,20H,1-10,14,16-19H2,(H,28,33). The van der Waals surface area contributed by atoms with Gasteiger partial charge >= 0.3 is 0 Å². The Morgan fingerprint density at radius 1 is 0.706 bits per heavy atom. The van der Waals surface area contributed by atoms with Crippen LogP contribution in [0.4, 0.5) is 5.82 Å². The number of carbonyl (C=O) groups is 2.